The zero-order valence-electron chi connectivity index (χ0n) is 16.0. The predicted molar refractivity (Wildman–Crippen MR) is 102 cm³/mol. The zero-order chi connectivity index (χ0) is 19.1. The summed E-state index contributed by atoms with van der Waals surface area (Å²) in [6.45, 7) is 6.76. The van der Waals surface area contributed by atoms with Crippen molar-refractivity contribution in [1.29, 1.82) is 0 Å². The van der Waals surface area contributed by atoms with Gasteiger partial charge in [0, 0.05) is 57.4 Å². The summed E-state index contributed by atoms with van der Waals surface area (Å²) in [5.41, 5.74) is 1.91. The van der Waals surface area contributed by atoms with E-state index in [0.717, 1.165) is 49.0 Å². The molecule has 0 radical (unpaired) electrons. The van der Waals surface area contributed by atoms with Crippen LogP contribution in [0.1, 0.15) is 24.1 Å². The highest BCUT2D eigenvalue weighted by Gasteiger charge is 2.37. The number of rotatable bonds is 5. The number of sulfonamides is 1. The van der Waals surface area contributed by atoms with Gasteiger partial charge in [-0.1, -0.05) is 0 Å². The minimum atomic E-state index is -3.35. The molecular formula is C17H29N5O3S. The average molecular weight is 384 g/mol. The van der Waals surface area contributed by atoms with E-state index >= 15 is 0 Å². The van der Waals surface area contributed by atoms with Crippen LogP contribution >= 0.6 is 0 Å². The van der Waals surface area contributed by atoms with E-state index in [1.165, 1.54) is 18.4 Å². The van der Waals surface area contributed by atoms with E-state index < -0.39 is 16.1 Å². The van der Waals surface area contributed by atoms with Gasteiger partial charge in [0.25, 0.3) is 0 Å². The molecule has 1 aromatic rings. The number of hydrogen-bond donors (Lipinski definition) is 1. The molecule has 2 atom stereocenters. The van der Waals surface area contributed by atoms with E-state index in [2.05, 4.69) is 9.88 Å². The number of aliphatic hydroxyl groups excluding tert-OH is 1. The number of aryl methyl sites for hydroxylation is 1. The summed E-state index contributed by atoms with van der Waals surface area (Å²) in [6, 6.07) is 0. The Morgan fingerprint density at radius 3 is 2.38 bits per heavy atom. The molecule has 2 saturated heterocycles. The lowest BCUT2D eigenvalue weighted by molar-refractivity contribution is 0.157. The fourth-order valence-electron chi connectivity index (χ4n) is 3.58. The number of β-amino-alcohol motifs (C(OH)–C–C–N with tert-alkyl or cyclic N) is 1. The molecule has 2 fully saturated rings. The van der Waals surface area contributed by atoms with Crippen LogP contribution in [0, 0.1) is 19.8 Å². The average Bonchev–Trinajstić information content (AvgIpc) is 3.20. The minimum absolute atomic E-state index is 0.0558. The van der Waals surface area contributed by atoms with Gasteiger partial charge in [-0.3, -0.25) is 0 Å². The highest BCUT2D eigenvalue weighted by molar-refractivity contribution is 7.89. The second kappa shape index (κ2) is 7.28. The summed E-state index contributed by atoms with van der Waals surface area (Å²) in [6.07, 6.45) is 1.62. The lowest BCUT2D eigenvalue weighted by Crippen LogP contribution is -2.33. The number of nitrogens with zero attached hydrogens (tertiary/aromatic N) is 5. The molecule has 0 aliphatic carbocycles. The van der Waals surface area contributed by atoms with E-state index in [-0.39, 0.29) is 11.7 Å². The first-order chi connectivity index (χ1) is 12.2. The van der Waals surface area contributed by atoms with Gasteiger partial charge >= 0.3 is 0 Å². The summed E-state index contributed by atoms with van der Waals surface area (Å²) in [4.78, 5) is 13.6. The molecule has 2 aliphatic heterocycles. The third kappa shape index (κ3) is 3.79. The van der Waals surface area contributed by atoms with E-state index in [0.29, 0.717) is 13.1 Å². The van der Waals surface area contributed by atoms with Gasteiger partial charge in [0.2, 0.25) is 16.0 Å². The molecule has 9 heteroatoms. The molecule has 0 amide bonds. The van der Waals surface area contributed by atoms with Gasteiger partial charge in [0.05, 0.1) is 11.9 Å². The first kappa shape index (κ1) is 19.3. The standard InChI is InChI=1S/C17H29N5O3S/c1-12-13(2)18-17(21-7-5-6-8-21)19-16(12)22-9-14(15(23)10-22)11-26(24,25)20(3)4/h14-15,23H,5-11H2,1-4H3/t14-,15+/m0/s1. The van der Waals surface area contributed by atoms with E-state index in [4.69, 9.17) is 4.98 Å². The SMILES string of the molecule is Cc1nc(N2CCCC2)nc(N2C[C@@H](CS(=O)(=O)N(C)C)[C@H](O)C2)c1C. The smallest absolute Gasteiger partial charge is 0.227 e. The highest BCUT2D eigenvalue weighted by atomic mass is 32.2. The molecule has 0 saturated carbocycles. The van der Waals surface area contributed by atoms with Crippen LogP contribution in [0.3, 0.4) is 0 Å². The lowest BCUT2D eigenvalue weighted by atomic mass is 10.1. The number of anilines is 2. The molecule has 146 valence electrons. The van der Waals surface area contributed by atoms with Gasteiger partial charge in [-0.15, -0.1) is 0 Å². The molecule has 2 aliphatic rings. The number of hydrogen-bond acceptors (Lipinski definition) is 7. The quantitative estimate of drug-likeness (QED) is 0.786. The largest absolute Gasteiger partial charge is 0.391 e. The molecule has 26 heavy (non-hydrogen) atoms. The number of aromatic nitrogens is 2. The molecule has 0 unspecified atom stereocenters. The molecule has 0 aromatic carbocycles. The van der Waals surface area contributed by atoms with E-state index in [1.807, 2.05) is 18.7 Å². The molecule has 3 rings (SSSR count). The second-order valence-corrected chi connectivity index (χ2v) is 9.77. The zero-order valence-corrected chi connectivity index (χ0v) is 16.8. The van der Waals surface area contributed by atoms with Crippen LogP contribution in [0.25, 0.3) is 0 Å². The Bertz CT molecular complexity index is 762. The monoisotopic (exact) mass is 383 g/mol. The van der Waals surface area contributed by atoms with Gasteiger partial charge in [0.15, 0.2) is 0 Å². The van der Waals surface area contributed by atoms with Gasteiger partial charge in [0.1, 0.15) is 5.82 Å². The lowest BCUT2D eigenvalue weighted by Gasteiger charge is -2.24. The van der Waals surface area contributed by atoms with Crippen molar-refractivity contribution in [2.75, 3.05) is 55.8 Å². The van der Waals surface area contributed by atoms with Gasteiger partial charge in [-0.05, 0) is 26.7 Å². The van der Waals surface area contributed by atoms with Crippen molar-refractivity contribution in [2.45, 2.75) is 32.8 Å². The third-order valence-corrected chi connectivity index (χ3v) is 7.39. The van der Waals surface area contributed by atoms with Crippen molar-refractivity contribution in [1.82, 2.24) is 14.3 Å². The molecule has 0 spiro atoms. The second-order valence-electron chi connectivity index (χ2n) is 7.55. The van der Waals surface area contributed by atoms with Crippen molar-refractivity contribution in [3.8, 4) is 0 Å². The molecule has 3 heterocycles. The Morgan fingerprint density at radius 2 is 1.77 bits per heavy atom. The van der Waals surface area contributed by atoms with Crippen LogP contribution in [0.15, 0.2) is 0 Å². The first-order valence-corrected chi connectivity index (χ1v) is 10.7. The predicted octanol–water partition coefficient (Wildman–Crippen LogP) is 0.382. The van der Waals surface area contributed by atoms with Crippen LogP contribution in [0.2, 0.25) is 0 Å². The summed E-state index contributed by atoms with van der Waals surface area (Å²) in [5.74, 6) is 1.16. The van der Waals surface area contributed by atoms with Crippen molar-refractivity contribution >= 4 is 21.8 Å². The Kier molecular flexibility index (Phi) is 5.41. The van der Waals surface area contributed by atoms with Gasteiger partial charge in [-0.25, -0.2) is 17.7 Å². The normalized spacial score (nSPS) is 24.1. The summed E-state index contributed by atoms with van der Waals surface area (Å²) < 4.78 is 25.6. The fourth-order valence-corrected chi connectivity index (χ4v) is 4.74. The van der Waals surface area contributed by atoms with Crippen molar-refractivity contribution < 1.29 is 13.5 Å². The first-order valence-electron chi connectivity index (χ1n) is 9.12. The fraction of sp³-hybridized carbons (Fsp3) is 0.765. The Morgan fingerprint density at radius 1 is 1.12 bits per heavy atom. The third-order valence-electron chi connectivity index (χ3n) is 5.43. The molecule has 1 N–H and O–H groups in total. The maximum absolute atomic E-state index is 12.2. The van der Waals surface area contributed by atoms with Crippen LogP contribution < -0.4 is 9.80 Å². The van der Waals surface area contributed by atoms with Crippen molar-refractivity contribution in [3.05, 3.63) is 11.3 Å². The van der Waals surface area contributed by atoms with Gasteiger partial charge < -0.3 is 14.9 Å². The molecule has 0 bridgehead atoms. The van der Waals surface area contributed by atoms with E-state index in [9.17, 15) is 13.5 Å². The van der Waals surface area contributed by atoms with Crippen molar-refractivity contribution in [2.24, 2.45) is 5.92 Å². The van der Waals surface area contributed by atoms with Crippen LogP contribution in [-0.2, 0) is 10.0 Å². The molecule has 8 nitrogen and oxygen atoms in total. The minimum Gasteiger partial charge on any atom is -0.391 e. The van der Waals surface area contributed by atoms with Crippen LogP contribution in [-0.4, -0.2) is 79.9 Å². The highest BCUT2D eigenvalue weighted by Crippen LogP contribution is 2.30. The van der Waals surface area contributed by atoms with Crippen LogP contribution in [0.5, 0.6) is 0 Å². The van der Waals surface area contributed by atoms with Gasteiger partial charge in [-0.2, -0.15) is 4.98 Å². The molecule has 1 aromatic heterocycles. The van der Waals surface area contributed by atoms with Crippen LogP contribution in [0.4, 0.5) is 11.8 Å². The summed E-state index contributed by atoms with van der Waals surface area (Å²) in [7, 11) is -0.309. The topological polar surface area (TPSA) is 89.9 Å². The Balaban J connectivity index is 1.83. The van der Waals surface area contributed by atoms with E-state index in [1.54, 1.807) is 0 Å². The maximum atomic E-state index is 12.2. The Hall–Kier alpha value is -1.45. The number of aliphatic hydroxyl groups is 1. The Labute approximate surface area is 155 Å². The summed E-state index contributed by atoms with van der Waals surface area (Å²) >= 11 is 0. The summed E-state index contributed by atoms with van der Waals surface area (Å²) in [5, 5.41) is 10.4. The van der Waals surface area contributed by atoms with Crippen molar-refractivity contribution in [3.63, 3.8) is 0 Å². The maximum Gasteiger partial charge on any atom is 0.227 e. The molecular weight excluding hydrogens is 354 g/mol.